The number of carbonyl (C=O) groups excluding carboxylic acids is 2. The fraction of sp³-hybridized carbons (Fsp3) is 0.0625. The molecule has 2 heterocycles. The number of fused-ring (bicyclic) bond motifs is 1. The number of hydrogen-bond acceptors (Lipinski definition) is 7. The Morgan fingerprint density at radius 3 is 2.24 bits per heavy atom. The normalized spacial score (nSPS) is 13.4. The number of amides is 2. The molecule has 0 saturated heterocycles. The lowest BCUT2D eigenvalue weighted by Gasteiger charge is -2.12. The van der Waals surface area contributed by atoms with Crippen LogP contribution in [0.1, 0.15) is 20.7 Å². The predicted octanol–water partition coefficient (Wildman–Crippen LogP) is 1.71. The van der Waals surface area contributed by atoms with Crippen molar-refractivity contribution >= 4 is 23.6 Å². The van der Waals surface area contributed by atoms with Gasteiger partial charge in [-0.2, -0.15) is 4.68 Å². The molecule has 0 atom stereocenters. The van der Waals surface area contributed by atoms with Gasteiger partial charge < -0.3 is 5.11 Å². The van der Waals surface area contributed by atoms with Gasteiger partial charge in [-0.05, 0) is 46.8 Å². The van der Waals surface area contributed by atoms with Gasteiger partial charge in [0, 0.05) is 0 Å². The van der Waals surface area contributed by atoms with Crippen LogP contribution in [-0.2, 0) is 0 Å². The lowest BCUT2D eigenvalue weighted by Crippen LogP contribution is -2.29. The molecule has 0 bridgehead atoms. The molecule has 2 amide bonds. The number of imide groups is 1. The minimum absolute atomic E-state index is 0.102. The maximum absolute atomic E-state index is 12.4. The first kappa shape index (κ1) is 15.3. The molecule has 0 aliphatic carbocycles. The van der Waals surface area contributed by atoms with E-state index < -0.39 is 0 Å². The SMILES string of the molecule is O=C1c2ccccc2C(=O)N1CSc1nnnn1-c1ccc(O)cc1. The lowest BCUT2D eigenvalue weighted by atomic mass is 10.1. The quantitative estimate of drug-likeness (QED) is 0.563. The van der Waals surface area contributed by atoms with Gasteiger partial charge in [-0.25, -0.2) is 0 Å². The molecule has 0 saturated carbocycles. The van der Waals surface area contributed by atoms with Crippen molar-refractivity contribution in [3.63, 3.8) is 0 Å². The molecule has 124 valence electrons. The number of aromatic nitrogens is 4. The fourth-order valence-electron chi connectivity index (χ4n) is 2.50. The predicted molar refractivity (Wildman–Crippen MR) is 88.5 cm³/mol. The highest BCUT2D eigenvalue weighted by atomic mass is 32.2. The molecular formula is C16H11N5O3S. The number of tetrazole rings is 1. The highest BCUT2D eigenvalue weighted by molar-refractivity contribution is 7.99. The van der Waals surface area contributed by atoms with E-state index in [1.54, 1.807) is 36.4 Å². The minimum atomic E-state index is -0.322. The Hall–Kier alpha value is -3.20. The van der Waals surface area contributed by atoms with Gasteiger partial charge in [-0.15, -0.1) is 5.10 Å². The number of benzene rings is 2. The Morgan fingerprint density at radius 2 is 1.60 bits per heavy atom. The van der Waals surface area contributed by atoms with Gasteiger partial charge in [0.15, 0.2) is 0 Å². The third-order valence-electron chi connectivity index (χ3n) is 3.74. The van der Waals surface area contributed by atoms with Gasteiger partial charge in [-0.3, -0.25) is 14.5 Å². The lowest BCUT2D eigenvalue weighted by molar-refractivity contribution is 0.0684. The zero-order valence-electron chi connectivity index (χ0n) is 12.7. The highest BCUT2D eigenvalue weighted by Gasteiger charge is 2.35. The molecule has 0 unspecified atom stereocenters. The number of thioether (sulfide) groups is 1. The number of phenols is 1. The summed E-state index contributed by atoms with van der Waals surface area (Å²) >= 11 is 1.18. The Balaban J connectivity index is 1.54. The zero-order chi connectivity index (χ0) is 17.4. The van der Waals surface area contributed by atoms with Crippen LogP contribution < -0.4 is 0 Å². The number of rotatable bonds is 4. The summed E-state index contributed by atoms with van der Waals surface area (Å²) in [5.74, 6) is -0.407. The third kappa shape index (κ3) is 2.64. The smallest absolute Gasteiger partial charge is 0.262 e. The summed E-state index contributed by atoms with van der Waals surface area (Å²) < 4.78 is 1.47. The number of carbonyl (C=O) groups is 2. The molecule has 8 nitrogen and oxygen atoms in total. The molecule has 4 rings (SSSR count). The average Bonchev–Trinajstić information content (AvgIpc) is 3.19. The van der Waals surface area contributed by atoms with Gasteiger partial charge in [0.25, 0.3) is 11.8 Å². The third-order valence-corrected chi connectivity index (χ3v) is 4.64. The topological polar surface area (TPSA) is 101 Å². The molecule has 25 heavy (non-hydrogen) atoms. The average molecular weight is 353 g/mol. The second-order valence-electron chi connectivity index (χ2n) is 5.25. The first-order chi connectivity index (χ1) is 12.1. The molecular weight excluding hydrogens is 342 g/mol. The van der Waals surface area contributed by atoms with E-state index in [0.717, 1.165) is 0 Å². The summed E-state index contributed by atoms with van der Waals surface area (Å²) in [5, 5.41) is 21.3. The zero-order valence-corrected chi connectivity index (χ0v) is 13.6. The van der Waals surface area contributed by atoms with E-state index in [2.05, 4.69) is 15.5 Å². The van der Waals surface area contributed by atoms with Crippen molar-refractivity contribution in [1.82, 2.24) is 25.1 Å². The van der Waals surface area contributed by atoms with Crippen LogP contribution >= 0.6 is 11.8 Å². The standard InChI is InChI=1S/C16H11N5O3S/c22-11-7-5-10(6-8-11)21-16(17-18-19-21)25-9-20-14(23)12-3-1-2-4-13(12)15(20)24/h1-8,22H,9H2. The summed E-state index contributed by atoms with van der Waals surface area (Å²) in [6.07, 6.45) is 0. The first-order valence-corrected chi connectivity index (χ1v) is 8.29. The van der Waals surface area contributed by atoms with Crippen LogP contribution in [0, 0.1) is 0 Å². The second kappa shape index (κ2) is 6.02. The molecule has 1 N–H and O–H groups in total. The van der Waals surface area contributed by atoms with Gasteiger partial charge >= 0.3 is 0 Å². The van der Waals surface area contributed by atoms with Crippen LogP contribution in [0.4, 0.5) is 0 Å². The highest BCUT2D eigenvalue weighted by Crippen LogP contribution is 2.27. The fourth-order valence-corrected chi connectivity index (χ4v) is 3.34. The van der Waals surface area contributed by atoms with E-state index in [1.165, 1.54) is 33.5 Å². The van der Waals surface area contributed by atoms with E-state index >= 15 is 0 Å². The van der Waals surface area contributed by atoms with E-state index in [-0.39, 0.29) is 23.4 Å². The molecule has 0 fully saturated rings. The largest absolute Gasteiger partial charge is 0.508 e. The summed E-state index contributed by atoms with van der Waals surface area (Å²) in [5.41, 5.74) is 1.48. The van der Waals surface area contributed by atoms with Crippen molar-refractivity contribution in [3.05, 3.63) is 59.7 Å². The minimum Gasteiger partial charge on any atom is -0.508 e. The van der Waals surface area contributed by atoms with Crippen molar-refractivity contribution in [2.24, 2.45) is 0 Å². The van der Waals surface area contributed by atoms with Crippen LogP contribution in [0.3, 0.4) is 0 Å². The van der Waals surface area contributed by atoms with Crippen LogP contribution in [0.15, 0.2) is 53.7 Å². The van der Waals surface area contributed by atoms with Crippen LogP contribution in [-0.4, -0.2) is 47.9 Å². The molecule has 0 radical (unpaired) electrons. The van der Waals surface area contributed by atoms with E-state index in [0.29, 0.717) is 22.0 Å². The van der Waals surface area contributed by atoms with Crippen molar-refractivity contribution in [2.75, 3.05) is 5.88 Å². The Morgan fingerprint density at radius 1 is 0.960 bits per heavy atom. The Labute approximate surface area is 146 Å². The summed E-state index contributed by atoms with van der Waals surface area (Å²) in [6.45, 7) is 0. The van der Waals surface area contributed by atoms with Crippen molar-refractivity contribution in [2.45, 2.75) is 5.16 Å². The van der Waals surface area contributed by atoms with Gasteiger partial charge in [0.2, 0.25) is 5.16 Å². The molecule has 2 aromatic carbocycles. The molecule has 1 aliphatic rings. The number of hydrogen-bond donors (Lipinski definition) is 1. The molecule has 1 aliphatic heterocycles. The number of aromatic hydroxyl groups is 1. The maximum atomic E-state index is 12.4. The summed E-state index contributed by atoms with van der Waals surface area (Å²) in [6, 6.07) is 13.1. The molecule has 1 aromatic heterocycles. The molecule has 0 spiro atoms. The van der Waals surface area contributed by atoms with E-state index in [9.17, 15) is 14.7 Å². The van der Waals surface area contributed by atoms with Gasteiger partial charge in [0.05, 0.1) is 22.7 Å². The Bertz CT molecular complexity index is 935. The van der Waals surface area contributed by atoms with Crippen molar-refractivity contribution in [1.29, 1.82) is 0 Å². The van der Waals surface area contributed by atoms with Gasteiger partial charge in [-0.1, -0.05) is 23.9 Å². The number of nitrogens with zero attached hydrogens (tertiary/aromatic N) is 5. The number of phenolic OH excluding ortho intramolecular Hbond substituents is 1. The Kier molecular flexibility index (Phi) is 3.69. The van der Waals surface area contributed by atoms with Gasteiger partial charge in [0.1, 0.15) is 5.75 Å². The summed E-state index contributed by atoms with van der Waals surface area (Å²) in [4.78, 5) is 25.9. The van der Waals surface area contributed by atoms with Crippen LogP contribution in [0.2, 0.25) is 0 Å². The van der Waals surface area contributed by atoms with Crippen LogP contribution in [0.5, 0.6) is 5.75 Å². The monoisotopic (exact) mass is 353 g/mol. The van der Waals surface area contributed by atoms with E-state index in [1.807, 2.05) is 0 Å². The molecule has 3 aromatic rings. The maximum Gasteiger partial charge on any atom is 0.262 e. The second-order valence-corrected chi connectivity index (χ2v) is 6.16. The first-order valence-electron chi connectivity index (χ1n) is 7.31. The van der Waals surface area contributed by atoms with Crippen LogP contribution in [0.25, 0.3) is 5.69 Å². The summed E-state index contributed by atoms with van der Waals surface area (Å²) in [7, 11) is 0. The van der Waals surface area contributed by atoms with E-state index in [4.69, 9.17) is 0 Å². The molecule has 9 heteroatoms. The van der Waals surface area contributed by atoms with Crippen molar-refractivity contribution in [3.8, 4) is 11.4 Å². The van der Waals surface area contributed by atoms with Crippen molar-refractivity contribution < 1.29 is 14.7 Å².